The fraction of sp³-hybridized carbons (Fsp3) is 0.476. The number of hydrogen-bond acceptors (Lipinski definition) is 5. The third-order valence-electron chi connectivity index (χ3n) is 5.90. The fourth-order valence-corrected chi connectivity index (χ4v) is 4.26. The molecule has 1 aliphatic heterocycles. The van der Waals surface area contributed by atoms with E-state index in [-0.39, 0.29) is 12.3 Å². The van der Waals surface area contributed by atoms with E-state index in [0.717, 1.165) is 36.5 Å². The van der Waals surface area contributed by atoms with Crippen LogP contribution in [-0.2, 0) is 17.6 Å². The molecule has 6 nitrogen and oxygen atoms in total. The second kappa shape index (κ2) is 8.02. The number of carbonyl (C=O) groups is 1. The normalized spacial score (nSPS) is 19.9. The Morgan fingerprint density at radius 1 is 1.21 bits per heavy atom. The number of amides is 1. The van der Waals surface area contributed by atoms with Crippen molar-refractivity contribution in [2.24, 2.45) is 5.73 Å². The number of fused-ring (bicyclic) bond motifs is 1. The van der Waals surface area contributed by atoms with Crippen LogP contribution in [0.25, 0.3) is 0 Å². The van der Waals surface area contributed by atoms with Gasteiger partial charge < -0.3 is 15.5 Å². The zero-order valence-electron chi connectivity index (χ0n) is 16.4. The molecule has 1 amide bonds. The van der Waals surface area contributed by atoms with Crippen molar-refractivity contribution in [3.8, 4) is 0 Å². The molecule has 154 valence electrons. The topological polar surface area (TPSA) is 75.4 Å². The molecule has 2 atom stereocenters. The molecular weight excluding hydrogens is 376 g/mol. The summed E-state index contributed by atoms with van der Waals surface area (Å²) in [4.78, 5) is 25.6. The van der Waals surface area contributed by atoms with Crippen molar-refractivity contribution in [1.29, 1.82) is 0 Å². The van der Waals surface area contributed by atoms with Gasteiger partial charge in [-0.25, -0.2) is 18.7 Å². The summed E-state index contributed by atoms with van der Waals surface area (Å²) >= 11 is 0. The minimum absolute atomic E-state index is 0.171. The average molecular weight is 401 g/mol. The number of halogens is 2. The maximum atomic E-state index is 13.4. The van der Waals surface area contributed by atoms with Gasteiger partial charge in [-0.05, 0) is 42.9 Å². The van der Waals surface area contributed by atoms with Gasteiger partial charge in [0, 0.05) is 37.4 Å². The van der Waals surface area contributed by atoms with Crippen molar-refractivity contribution < 1.29 is 13.6 Å². The summed E-state index contributed by atoms with van der Waals surface area (Å²) in [6, 6.07) is 2.83. The smallest absolute Gasteiger partial charge is 0.239 e. The lowest BCUT2D eigenvalue weighted by Gasteiger charge is -2.37. The highest BCUT2D eigenvalue weighted by Crippen LogP contribution is 2.37. The SMILES string of the molecule is C[C@@H]1CCc2ncnc(N3CCN(C(=O)[C@H](N)Cc4ccc(F)c(F)c4)CC3)c21. The first-order chi connectivity index (χ1) is 13.9. The summed E-state index contributed by atoms with van der Waals surface area (Å²) in [7, 11) is 0. The van der Waals surface area contributed by atoms with Gasteiger partial charge in [0.05, 0.1) is 6.04 Å². The summed E-state index contributed by atoms with van der Waals surface area (Å²) in [6.45, 7) is 4.67. The van der Waals surface area contributed by atoms with Crippen LogP contribution in [0.15, 0.2) is 24.5 Å². The second-order valence-electron chi connectivity index (χ2n) is 7.87. The Balaban J connectivity index is 1.38. The highest BCUT2D eigenvalue weighted by Gasteiger charge is 2.30. The molecule has 2 heterocycles. The first kappa shape index (κ1) is 19.7. The molecule has 2 N–H and O–H groups in total. The molecule has 29 heavy (non-hydrogen) atoms. The number of anilines is 1. The Hall–Kier alpha value is -2.61. The van der Waals surface area contributed by atoms with E-state index in [1.54, 1.807) is 11.2 Å². The van der Waals surface area contributed by atoms with Crippen LogP contribution in [0.4, 0.5) is 14.6 Å². The number of aromatic nitrogens is 2. The van der Waals surface area contributed by atoms with E-state index in [1.807, 2.05) is 0 Å². The molecule has 1 aromatic carbocycles. The van der Waals surface area contributed by atoms with Gasteiger partial charge in [0.25, 0.3) is 0 Å². The van der Waals surface area contributed by atoms with Crippen LogP contribution < -0.4 is 10.6 Å². The van der Waals surface area contributed by atoms with Crippen molar-refractivity contribution >= 4 is 11.7 Å². The van der Waals surface area contributed by atoms with Crippen molar-refractivity contribution in [1.82, 2.24) is 14.9 Å². The summed E-state index contributed by atoms with van der Waals surface area (Å²) in [5.74, 6) is -0.572. The molecule has 1 saturated heterocycles. The van der Waals surface area contributed by atoms with Crippen LogP contribution in [-0.4, -0.2) is 53.0 Å². The Kier molecular flexibility index (Phi) is 5.45. The van der Waals surface area contributed by atoms with E-state index in [0.29, 0.717) is 37.7 Å². The van der Waals surface area contributed by atoms with Gasteiger partial charge in [0.2, 0.25) is 5.91 Å². The van der Waals surface area contributed by atoms with Crippen molar-refractivity contribution in [3.63, 3.8) is 0 Å². The van der Waals surface area contributed by atoms with Crippen LogP contribution in [0.5, 0.6) is 0 Å². The minimum Gasteiger partial charge on any atom is -0.353 e. The maximum absolute atomic E-state index is 13.4. The van der Waals surface area contributed by atoms with Crippen LogP contribution in [0.3, 0.4) is 0 Å². The number of hydrogen-bond donors (Lipinski definition) is 1. The number of carbonyl (C=O) groups excluding carboxylic acids is 1. The zero-order valence-corrected chi connectivity index (χ0v) is 16.4. The van der Waals surface area contributed by atoms with Gasteiger partial charge in [0.1, 0.15) is 12.1 Å². The first-order valence-electron chi connectivity index (χ1n) is 10.0. The Labute approximate surface area is 168 Å². The standard InChI is InChI=1S/C21H25F2N5O/c1-13-2-5-18-19(13)20(26-12-25-18)27-6-8-28(9-7-27)21(29)17(24)11-14-3-4-15(22)16(23)10-14/h3-4,10,12-13,17H,2,5-9,11,24H2,1H3/t13-,17-/m1/s1. The molecule has 0 radical (unpaired) electrons. The maximum Gasteiger partial charge on any atom is 0.239 e. The van der Waals surface area contributed by atoms with E-state index in [4.69, 9.17) is 5.73 Å². The molecule has 1 aliphatic carbocycles. The highest BCUT2D eigenvalue weighted by molar-refractivity contribution is 5.82. The number of piperazine rings is 1. The quantitative estimate of drug-likeness (QED) is 0.849. The summed E-state index contributed by atoms with van der Waals surface area (Å²) in [5, 5.41) is 0. The Morgan fingerprint density at radius 2 is 1.97 bits per heavy atom. The van der Waals surface area contributed by atoms with E-state index in [9.17, 15) is 13.6 Å². The molecular formula is C21H25F2N5O. The van der Waals surface area contributed by atoms with Crippen LogP contribution >= 0.6 is 0 Å². The lowest BCUT2D eigenvalue weighted by Crippen LogP contribution is -2.54. The molecule has 0 unspecified atom stereocenters. The zero-order chi connectivity index (χ0) is 20.5. The van der Waals surface area contributed by atoms with Crippen LogP contribution in [0.2, 0.25) is 0 Å². The molecule has 2 aromatic rings. The largest absolute Gasteiger partial charge is 0.353 e. The molecule has 0 spiro atoms. The van der Waals surface area contributed by atoms with Crippen molar-refractivity contribution in [2.75, 3.05) is 31.1 Å². The van der Waals surface area contributed by atoms with Crippen molar-refractivity contribution in [3.05, 3.63) is 53.0 Å². The van der Waals surface area contributed by atoms with Gasteiger partial charge in [-0.1, -0.05) is 13.0 Å². The predicted octanol–water partition coefficient (Wildman–Crippen LogP) is 2.02. The summed E-state index contributed by atoms with van der Waals surface area (Å²) in [6.07, 6.45) is 3.89. The fourth-order valence-electron chi connectivity index (χ4n) is 4.26. The van der Waals surface area contributed by atoms with E-state index in [2.05, 4.69) is 21.8 Å². The lowest BCUT2D eigenvalue weighted by molar-refractivity contribution is -0.132. The predicted molar refractivity (Wildman–Crippen MR) is 106 cm³/mol. The lowest BCUT2D eigenvalue weighted by atomic mass is 10.0. The highest BCUT2D eigenvalue weighted by atomic mass is 19.2. The van der Waals surface area contributed by atoms with Gasteiger partial charge in [-0.3, -0.25) is 4.79 Å². The molecule has 4 rings (SSSR count). The molecule has 1 fully saturated rings. The molecule has 8 heteroatoms. The number of aryl methyl sites for hydroxylation is 1. The monoisotopic (exact) mass is 401 g/mol. The summed E-state index contributed by atoms with van der Waals surface area (Å²) in [5.41, 5.74) is 8.94. The van der Waals surface area contributed by atoms with Crippen LogP contribution in [0, 0.1) is 11.6 Å². The second-order valence-corrected chi connectivity index (χ2v) is 7.87. The third-order valence-corrected chi connectivity index (χ3v) is 5.90. The molecule has 1 aromatic heterocycles. The van der Waals surface area contributed by atoms with Gasteiger partial charge in [-0.15, -0.1) is 0 Å². The molecule has 0 saturated carbocycles. The summed E-state index contributed by atoms with van der Waals surface area (Å²) < 4.78 is 26.5. The number of benzene rings is 1. The van der Waals surface area contributed by atoms with Gasteiger partial charge >= 0.3 is 0 Å². The first-order valence-corrected chi connectivity index (χ1v) is 10.0. The Morgan fingerprint density at radius 3 is 2.69 bits per heavy atom. The average Bonchev–Trinajstić information content (AvgIpc) is 3.11. The minimum atomic E-state index is -0.928. The van der Waals surface area contributed by atoms with Crippen molar-refractivity contribution in [2.45, 2.75) is 38.1 Å². The number of nitrogens with two attached hydrogens (primary N) is 1. The number of rotatable bonds is 4. The van der Waals surface area contributed by atoms with Gasteiger partial charge in [0.15, 0.2) is 11.6 Å². The van der Waals surface area contributed by atoms with E-state index >= 15 is 0 Å². The molecule has 2 aliphatic rings. The van der Waals surface area contributed by atoms with Crippen LogP contribution in [0.1, 0.15) is 36.1 Å². The van der Waals surface area contributed by atoms with Gasteiger partial charge in [-0.2, -0.15) is 0 Å². The third kappa shape index (κ3) is 3.94. The van der Waals surface area contributed by atoms with E-state index < -0.39 is 17.7 Å². The Bertz CT molecular complexity index is 914. The number of nitrogens with zero attached hydrogens (tertiary/aromatic N) is 4. The molecule has 0 bridgehead atoms. The van der Waals surface area contributed by atoms with E-state index in [1.165, 1.54) is 11.6 Å².